The minimum Gasteiger partial charge on any atom is -0.358 e. The maximum Gasteiger partial charge on any atom is 0 e. The van der Waals surface area contributed by atoms with E-state index in [4.69, 9.17) is 0 Å². The molecule has 3 aromatic rings. The molecule has 0 aromatic heterocycles. The summed E-state index contributed by atoms with van der Waals surface area (Å²) in [5.74, 6) is 0. The van der Waals surface area contributed by atoms with Gasteiger partial charge in [-0.25, -0.2) is 18.6 Å². The number of allylic oxidation sites excluding steroid dienone is 1. The van der Waals surface area contributed by atoms with Gasteiger partial charge in [-0.15, -0.1) is 98.6 Å². The molecule has 3 rings (SSSR count). The van der Waals surface area contributed by atoms with Crippen molar-refractivity contribution in [3.8, 4) is 0 Å². The Labute approximate surface area is 264 Å². The Hall–Kier alpha value is 0.514. The molecule has 0 saturated heterocycles. The molecule has 3 aromatic carbocycles. The first kappa shape index (κ1) is 32.5. The van der Waals surface area contributed by atoms with Gasteiger partial charge < -0.3 is 14.9 Å². The van der Waals surface area contributed by atoms with Crippen LogP contribution in [-0.2, 0) is 28.1 Å². The summed E-state index contributed by atoms with van der Waals surface area (Å²) in [6.07, 6.45) is 11.7. The summed E-state index contributed by atoms with van der Waals surface area (Å²) < 4.78 is 4.76. The average molecular weight is 902 g/mol. The van der Waals surface area contributed by atoms with E-state index in [0.717, 1.165) is 34.2 Å². The maximum atomic E-state index is 4.19. The smallest absolute Gasteiger partial charge is 0 e. The molecule has 0 aliphatic heterocycles. The fraction of sp³-hybridized carbons (Fsp3) is 0.0370. The predicted molar refractivity (Wildman–Crippen MR) is 170 cm³/mol. The van der Waals surface area contributed by atoms with Gasteiger partial charge in [0, 0.05) is 21.7 Å². The molecule has 0 heterocycles. The van der Waals surface area contributed by atoms with Crippen LogP contribution in [0.5, 0.6) is 0 Å². The quantitative estimate of drug-likeness (QED) is 0.104. The fourth-order valence-corrected chi connectivity index (χ4v) is 6.53. The second kappa shape index (κ2) is 15.5. The van der Waals surface area contributed by atoms with Crippen LogP contribution in [-0.4, -0.2) is 0 Å². The Balaban J connectivity index is 0.00000320. The number of hydrogen-bond acceptors (Lipinski definition) is 0. The first-order valence-corrected chi connectivity index (χ1v) is 13.0. The third kappa shape index (κ3) is 8.94. The molecule has 0 saturated carbocycles. The number of halogens is 4. The molecule has 0 amide bonds. The molecule has 0 spiro atoms. The van der Waals surface area contributed by atoms with Gasteiger partial charge in [0.2, 0.25) is 0 Å². The van der Waals surface area contributed by atoms with Gasteiger partial charge in [0.1, 0.15) is 0 Å². The average Bonchev–Trinajstić information content (AvgIpc) is 2.68. The Kier molecular flexibility index (Phi) is 15.7. The van der Waals surface area contributed by atoms with Crippen molar-refractivity contribution < 1.29 is 21.7 Å². The zero-order valence-electron chi connectivity index (χ0n) is 17.9. The van der Waals surface area contributed by atoms with Gasteiger partial charge in [-0.1, -0.05) is 31.4 Å². The molecular formula is C27H22I4Ti-6. The normalized spacial score (nSPS) is 10.5. The zero-order valence-corrected chi connectivity index (χ0v) is 28.1. The summed E-state index contributed by atoms with van der Waals surface area (Å²) in [7, 11) is 0. The molecule has 0 atom stereocenters. The molecule has 0 unspecified atom stereocenters. The standard InChI is InChI=1S/C25H16I4.2CH3.Ti/c1-16-20(12-22(26)14-24(16)28)9-5-8-18-6-3-4-7-19(18)10-11-21-13-23(27)15-25(29)17(21)2;;;/h3-4,6-7,9,11-15H,1-2,8H2;2*1H3;/q-4;2*-1;. The van der Waals surface area contributed by atoms with Crippen LogP contribution in [0.4, 0.5) is 0 Å². The van der Waals surface area contributed by atoms with Crippen molar-refractivity contribution in [2.75, 3.05) is 0 Å². The van der Waals surface area contributed by atoms with Gasteiger partial charge in [0.25, 0.3) is 0 Å². The molecule has 0 radical (unpaired) electrons. The summed E-state index contributed by atoms with van der Waals surface area (Å²) >= 11 is 9.34. The van der Waals surface area contributed by atoms with E-state index in [9.17, 15) is 0 Å². The third-order valence-electron chi connectivity index (χ3n) is 4.34. The second-order valence-corrected chi connectivity index (χ2v) is 11.2. The van der Waals surface area contributed by atoms with Crippen molar-refractivity contribution in [1.29, 1.82) is 0 Å². The predicted octanol–water partition coefficient (Wildman–Crippen LogP) is 9.29. The molecule has 0 aliphatic carbocycles. The van der Waals surface area contributed by atoms with Gasteiger partial charge >= 0.3 is 0 Å². The summed E-state index contributed by atoms with van der Waals surface area (Å²) in [4.78, 5) is 0. The van der Waals surface area contributed by atoms with Crippen molar-refractivity contribution in [2.45, 2.75) is 6.42 Å². The van der Waals surface area contributed by atoms with Gasteiger partial charge in [-0.05, 0) is 52.3 Å². The summed E-state index contributed by atoms with van der Waals surface area (Å²) in [5.41, 5.74) is 6.58. The third-order valence-corrected chi connectivity index (χ3v) is 7.51. The van der Waals surface area contributed by atoms with Crippen LogP contribution in [0.25, 0.3) is 12.2 Å². The monoisotopic (exact) mass is 902 g/mol. The van der Waals surface area contributed by atoms with Crippen LogP contribution in [0.3, 0.4) is 0 Å². The molecule has 0 bridgehead atoms. The molecular weight excluding hydrogens is 880 g/mol. The Morgan fingerprint density at radius 2 is 1.25 bits per heavy atom. The Morgan fingerprint density at radius 1 is 0.750 bits per heavy atom. The SMILES string of the molecule is [CH2-]c1c(I)cc(I)cc1C=[C-]Cc1ccccc1[C-]=Cc1cc(I)cc(I)c1[CH2-].[CH3-].[CH3-].[Ti]. The molecule has 168 valence electrons. The second-order valence-electron chi connectivity index (χ2n) is 6.38. The van der Waals surface area contributed by atoms with Crippen LogP contribution in [0.1, 0.15) is 33.4 Å². The number of hydrogen-bond donors (Lipinski definition) is 0. The van der Waals surface area contributed by atoms with Crippen LogP contribution in [0.2, 0.25) is 0 Å². The molecule has 0 aliphatic rings. The molecule has 5 heteroatoms. The van der Waals surface area contributed by atoms with Crippen LogP contribution < -0.4 is 0 Å². The van der Waals surface area contributed by atoms with Crippen molar-refractivity contribution in [2.24, 2.45) is 0 Å². The van der Waals surface area contributed by atoms with Crippen LogP contribution >= 0.6 is 90.4 Å². The van der Waals surface area contributed by atoms with E-state index in [1.165, 1.54) is 19.8 Å². The van der Waals surface area contributed by atoms with Crippen molar-refractivity contribution >= 4 is 103 Å². The van der Waals surface area contributed by atoms with E-state index in [1.54, 1.807) is 0 Å². The van der Waals surface area contributed by atoms with E-state index < -0.39 is 0 Å². The maximum absolute atomic E-state index is 4.19. The Morgan fingerprint density at radius 3 is 1.81 bits per heavy atom. The topological polar surface area (TPSA) is 0 Å². The first-order chi connectivity index (χ1) is 13.8. The summed E-state index contributed by atoms with van der Waals surface area (Å²) in [6, 6.07) is 16.9. The van der Waals surface area contributed by atoms with Crippen LogP contribution in [0, 0.1) is 55.1 Å². The summed E-state index contributed by atoms with van der Waals surface area (Å²) in [5, 5.41) is 0. The van der Waals surface area contributed by atoms with Gasteiger partial charge in [-0.3, -0.25) is 6.08 Å². The zero-order chi connectivity index (χ0) is 21.0. The largest absolute Gasteiger partial charge is 0.358 e. The van der Waals surface area contributed by atoms with Crippen molar-refractivity contribution in [3.63, 3.8) is 0 Å². The fourth-order valence-electron chi connectivity index (χ4n) is 2.75. The molecule has 0 N–H and O–H groups in total. The first-order valence-electron chi connectivity index (χ1n) is 8.71. The van der Waals surface area contributed by atoms with Crippen LogP contribution in [0.15, 0.2) is 48.5 Å². The van der Waals surface area contributed by atoms with Gasteiger partial charge in [0.15, 0.2) is 0 Å². The van der Waals surface area contributed by atoms with Crippen molar-refractivity contribution in [1.82, 2.24) is 0 Å². The van der Waals surface area contributed by atoms with E-state index in [0.29, 0.717) is 0 Å². The molecule has 32 heavy (non-hydrogen) atoms. The van der Waals surface area contributed by atoms with Gasteiger partial charge in [-0.2, -0.15) is 24.1 Å². The molecule has 0 nitrogen and oxygen atoms in total. The Bertz CT molecular complexity index is 1100. The van der Waals surface area contributed by atoms with E-state index in [1.807, 2.05) is 18.2 Å². The molecule has 0 fully saturated rings. The van der Waals surface area contributed by atoms with E-state index in [2.05, 4.69) is 159 Å². The van der Waals surface area contributed by atoms with Crippen molar-refractivity contribution in [3.05, 3.63) is 137 Å². The van der Waals surface area contributed by atoms with E-state index in [-0.39, 0.29) is 36.6 Å². The van der Waals surface area contributed by atoms with Gasteiger partial charge in [0.05, 0.1) is 0 Å². The summed E-state index contributed by atoms with van der Waals surface area (Å²) in [6.45, 7) is 8.38. The number of rotatable bonds is 5. The minimum absolute atomic E-state index is 0. The van der Waals surface area contributed by atoms with E-state index >= 15 is 0 Å². The minimum atomic E-state index is 0. The number of benzene rings is 3.